The van der Waals surface area contributed by atoms with Crippen LogP contribution in [-0.4, -0.2) is 25.5 Å². The van der Waals surface area contributed by atoms with Gasteiger partial charge >= 0.3 is 5.97 Å². The molecule has 0 aromatic heterocycles. The average Bonchev–Trinajstić information content (AvgIpc) is 2.45. The van der Waals surface area contributed by atoms with Crippen molar-refractivity contribution in [3.8, 4) is 0 Å². The molecule has 1 atom stereocenters. The number of hydrogen-bond donors (Lipinski definition) is 2. The Hall–Kier alpha value is -1.59. The van der Waals surface area contributed by atoms with Crippen molar-refractivity contribution in [2.45, 2.75) is 38.6 Å². The molecule has 5 nitrogen and oxygen atoms in total. The molecule has 0 radical (unpaired) electrons. The molecule has 1 unspecified atom stereocenters. The molecule has 1 rings (SSSR count). The SMILES string of the molecule is COC(=O)CC(NC(=O)CN)c1ccc(C(C)(C)C)cc1.Cl. The summed E-state index contributed by atoms with van der Waals surface area (Å²) >= 11 is 0. The highest BCUT2D eigenvalue weighted by Crippen LogP contribution is 2.25. The third-order valence-electron chi connectivity index (χ3n) is 3.30. The molecular formula is C16H25ClN2O3. The third kappa shape index (κ3) is 6.03. The molecule has 1 aromatic rings. The summed E-state index contributed by atoms with van der Waals surface area (Å²) in [6.45, 7) is 6.27. The second-order valence-electron chi connectivity index (χ2n) is 5.98. The van der Waals surface area contributed by atoms with Crippen LogP contribution in [0.2, 0.25) is 0 Å². The van der Waals surface area contributed by atoms with Gasteiger partial charge in [-0.3, -0.25) is 9.59 Å². The van der Waals surface area contributed by atoms with Crippen molar-refractivity contribution < 1.29 is 14.3 Å². The number of carbonyl (C=O) groups excluding carboxylic acids is 2. The first kappa shape index (κ1) is 20.4. The molecule has 6 heteroatoms. The van der Waals surface area contributed by atoms with Gasteiger partial charge in [-0.25, -0.2) is 0 Å². The quantitative estimate of drug-likeness (QED) is 0.811. The fraction of sp³-hybridized carbons (Fsp3) is 0.500. The summed E-state index contributed by atoms with van der Waals surface area (Å²) in [4.78, 5) is 23.0. The molecular weight excluding hydrogens is 304 g/mol. The Morgan fingerprint density at radius 2 is 1.77 bits per heavy atom. The second-order valence-corrected chi connectivity index (χ2v) is 5.98. The predicted molar refractivity (Wildman–Crippen MR) is 89.0 cm³/mol. The Morgan fingerprint density at radius 3 is 2.18 bits per heavy atom. The number of carbonyl (C=O) groups is 2. The number of amides is 1. The summed E-state index contributed by atoms with van der Waals surface area (Å²) in [6.07, 6.45) is 0.0805. The molecule has 124 valence electrons. The van der Waals surface area contributed by atoms with Crippen molar-refractivity contribution in [3.63, 3.8) is 0 Å². The summed E-state index contributed by atoms with van der Waals surface area (Å²) in [7, 11) is 1.33. The highest BCUT2D eigenvalue weighted by molar-refractivity contribution is 5.85. The van der Waals surface area contributed by atoms with Crippen LogP contribution in [0.1, 0.15) is 44.4 Å². The molecule has 0 aliphatic rings. The molecule has 1 amide bonds. The molecule has 1 aromatic carbocycles. The number of nitrogens with two attached hydrogens (primary N) is 1. The number of esters is 1. The highest BCUT2D eigenvalue weighted by atomic mass is 35.5. The summed E-state index contributed by atoms with van der Waals surface area (Å²) in [5.74, 6) is -0.680. The maximum atomic E-state index is 11.5. The zero-order valence-electron chi connectivity index (χ0n) is 13.5. The molecule has 0 heterocycles. The Kier molecular flexibility index (Phi) is 8.12. The Labute approximate surface area is 138 Å². The van der Waals surface area contributed by atoms with Gasteiger partial charge in [0.1, 0.15) is 0 Å². The lowest BCUT2D eigenvalue weighted by Gasteiger charge is -2.22. The van der Waals surface area contributed by atoms with Crippen LogP contribution in [-0.2, 0) is 19.7 Å². The van der Waals surface area contributed by atoms with E-state index >= 15 is 0 Å². The van der Waals surface area contributed by atoms with Gasteiger partial charge in [0.25, 0.3) is 0 Å². The zero-order valence-corrected chi connectivity index (χ0v) is 14.3. The van der Waals surface area contributed by atoms with Crippen LogP contribution in [0.3, 0.4) is 0 Å². The monoisotopic (exact) mass is 328 g/mol. The van der Waals surface area contributed by atoms with Gasteiger partial charge < -0.3 is 15.8 Å². The molecule has 0 bridgehead atoms. The molecule has 0 saturated carbocycles. The maximum Gasteiger partial charge on any atom is 0.307 e. The van der Waals surface area contributed by atoms with Crippen LogP contribution in [0.4, 0.5) is 0 Å². The predicted octanol–water partition coefficient (Wildman–Crippen LogP) is 2.09. The topological polar surface area (TPSA) is 81.4 Å². The lowest BCUT2D eigenvalue weighted by atomic mass is 9.86. The van der Waals surface area contributed by atoms with Crippen molar-refractivity contribution in [1.82, 2.24) is 5.32 Å². The molecule has 0 aliphatic carbocycles. The highest BCUT2D eigenvalue weighted by Gasteiger charge is 2.20. The first-order valence-corrected chi connectivity index (χ1v) is 6.94. The lowest BCUT2D eigenvalue weighted by molar-refractivity contribution is -0.141. The second kappa shape index (κ2) is 8.76. The van der Waals surface area contributed by atoms with E-state index in [0.717, 1.165) is 5.56 Å². The van der Waals surface area contributed by atoms with Gasteiger partial charge in [-0.15, -0.1) is 12.4 Å². The average molecular weight is 329 g/mol. The molecule has 22 heavy (non-hydrogen) atoms. The third-order valence-corrected chi connectivity index (χ3v) is 3.30. The number of hydrogen-bond acceptors (Lipinski definition) is 4. The van der Waals surface area contributed by atoms with Gasteiger partial charge in [0.05, 0.1) is 26.1 Å². The zero-order chi connectivity index (χ0) is 16.0. The van der Waals surface area contributed by atoms with Crippen LogP contribution >= 0.6 is 12.4 Å². The van der Waals surface area contributed by atoms with E-state index in [1.54, 1.807) is 0 Å². The minimum Gasteiger partial charge on any atom is -0.469 e. The van der Waals surface area contributed by atoms with Gasteiger partial charge in [-0.1, -0.05) is 45.0 Å². The lowest BCUT2D eigenvalue weighted by Crippen LogP contribution is -2.35. The van der Waals surface area contributed by atoms with E-state index in [2.05, 4.69) is 30.8 Å². The van der Waals surface area contributed by atoms with E-state index < -0.39 is 6.04 Å². The standard InChI is InChI=1S/C16H24N2O3.ClH/c1-16(2,3)12-7-5-11(6-8-12)13(9-15(20)21-4)18-14(19)10-17;/h5-8,13H,9-10,17H2,1-4H3,(H,18,19);1H. The van der Waals surface area contributed by atoms with Crippen molar-refractivity contribution in [2.75, 3.05) is 13.7 Å². The normalized spacial score (nSPS) is 12.0. The summed E-state index contributed by atoms with van der Waals surface area (Å²) in [5.41, 5.74) is 7.41. The molecule has 3 N–H and O–H groups in total. The minimum absolute atomic E-state index is 0. The van der Waals surface area contributed by atoms with Crippen LogP contribution in [0, 0.1) is 0 Å². The Balaban J connectivity index is 0.00000441. The first-order chi connectivity index (χ1) is 9.77. The van der Waals surface area contributed by atoms with Crippen LogP contribution < -0.4 is 11.1 Å². The summed E-state index contributed by atoms with van der Waals surface area (Å²) in [6, 6.07) is 7.43. The smallest absolute Gasteiger partial charge is 0.307 e. The summed E-state index contributed by atoms with van der Waals surface area (Å²) < 4.78 is 4.67. The van der Waals surface area contributed by atoms with Crippen molar-refractivity contribution >= 4 is 24.3 Å². The Morgan fingerprint density at radius 1 is 1.23 bits per heavy atom. The molecule has 0 spiro atoms. The minimum atomic E-state index is -0.428. The van der Waals surface area contributed by atoms with Gasteiger partial charge in [0, 0.05) is 0 Å². The van der Waals surface area contributed by atoms with Gasteiger partial charge in [0.2, 0.25) is 5.91 Å². The van der Waals surface area contributed by atoms with Gasteiger partial charge in [-0.05, 0) is 16.5 Å². The molecule has 0 aliphatic heterocycles. The van der Waals surface area contributed by atoms with Crippen LogP contribution in [0.25, 0.3) is 0 Å². The Bertz CT molecular complexity index is 477. The number of ether oxygens (including phenoxy) is 1. The van der Waals surface area contributed by atoms with E-state index in [0.29, 0.717) is 0 Å². The van der Waals surface area contributed by atoms with E-state index in [1.165, 1.54) is 12.7 Å². The number of halogens is 1. The molecule has 0 fully saturated rings. The van der Waals surface area contributed by atoms with Crippen molar-refractivity contribution in [1.29, 1.82) is 0 Å². The van der Waals surface area contributed by atoms with E-state index in [-0.39, 0.29) is 42.7 Å². The number of nitrogens with one attached hydrogen (secondary N) is 1. The van der Waals surface area contributed by atoms with Crippen molar-refractivity contribution in [3.05, 3.63) is 35.4 Å². The number of rotatable bonds is 5. The largest absolute Gasteiger partial charge is 0.469 e. The van der Waals surface area contributed by atoms with E-state index in [9.17, 15) is 9.59 Å². The van der Waals surface area contributed by atoms with Crippen LogP contribution in [0.5, 0.6) is 0 Å². The fourth-order valence-electron chi connectivity index (χ4n) is 1.97. The van der Waals surface area contributed by atoms with Crippen LogP contribution in [0.15, 0.2) is 24.3 Å². The fourth-order valence-corrected chi connectivity index (χ4v) is 1.97. The van der Waals surface area contributed by atoms with Crippen molar-refractivity contribution in [2.24, 2.45) is 5.73 Å². The maximum absolute atomic E-state index is 11.5. The first-order valence-electron chi connectivity index (χ1n) is 6.94. The molecule has 0 saturated heterocycles. The van der Waals surface area contributed by atoms with Gasteiger partial charge in [-0.2, -0.15) is 0 Å². The van der Waals surface area contributed by atoms with E-state index in [4.69, 9.17) is 5.73 Å². The number of benzene rings is 1. The van der Waals surface area contributed by atoms with E-state index in [1.807, 2.05) is 24.3 Å². The van der Waals surface area contributed by atoms with Gasteiger partial charge in [0.15, 0.2) is 0 Å². The summed E-state index contributed by atoms with van der Waals surface area (Å²) in [5, 5.41) is 2.74. The number of methoxy groups -OCH3 is 1.